The molecule has 1 amide bonds. The van der Waals surface area contributed by atoms with Gasteiger partial charge in [-0.2, -0.15) is 0 Å². The van der Waals surface area contributed by atoms with E-state index in [1.807, 2.05) is 0 Å². The third kappa shape index (κ3) is 1.96. The van der Waals surface area contributed by atoms with Crippen LogP contribution in [0.5, 0.6) is 0 Å². The lowest BCUT2D eigenvalue weighted by Crippen LogP contribution is -2.48. The molecule has 0 spiro atoms. The molecule has 1 fully saturated rings. The van der Waals surface area contributed by atoms with Crippen LogP contribution in [0, 0.1) is 0 Å². The first-order valence-corrected chi connectivity index (χ1v) is 4.83. The molecule has 5 nitrogen and oxygen atoms in total. The van der Waals surface area contributed by atoms with E-state index in [2.05, 4.69) is 15.5 Å². The number of halogens is 1. The molecular weight excluding hydrogens is 214 g/mol. The van der Waals surface area contributed by atoms with Gasteiger partial charge >= 0.3 is 0 Å². The zero-order chi connectivity index (χ0) is 9.26. The van der Waals surface area contributed by atoms with Gasteiger partial charge in [0.2, 0.25) is 9.47 Å². The van der Waals surface area contributed by atoms with Crippen LogP contribution >= 0.6 is 22.9 Å². The van der Waals surface area contributed by atoms with Gasteiger partial charge in [-0.1, -0.05) is 11.3 Å². The predicted octanol–water partition coefficient (Wildman–Crippen LogP) is 0.320. The monoisotopic (exact) mass is 219 g/mol. The fourth-order valence-electron chi connectivity index (χ4n) is 0.863. The van der Waals surface area contributed by atoms with E-state index in [9.17, 15) is 4.79 Å². The molecule has 13 heavy (non-hydrogen) atoms. The molecular formula is C6H6ClN3O2S. The lowest BCUT2D eigenvalue weighted by Gasteiger charge is -2.26. The van der Waals surface area contributed by atoms with E-state index in [4.69, 9.17) is 16.3 Å². The number of ether oxygens (including phenoxy) is 1. The van der Waals surface area contributed by atoms with Crippen molar-refractivity contribution in [1.82, 2.24) is 15.5 Å². The minimum Gasteiger partial charge on any atom is -0.377 e. The number of hydrogen-bond donors (Lipinski definition) is 1. The Labute approximate surface area is 83.1 Å². The molecule has 1 aromatic heterocycles. The van der Waals surface area contributed by atoms with Gasteiger partial charge in [0.25, 0.3) is 5.91 Å². The number of amides is 1. The molecule has 1 aliphatic heterocycles. The second kappa shape index (κ2) is 3.57. The maximum absolute atomic E-state index is 11.3. The van der Waals surface area contributed by atoms with Crippen LogP contribution in [-0.4, -0.2) is 35.4 Å². The fourth-order valence-corrected chi connectivity index (χ4v) is 1.59. The maximum atomic E-state index is 11.3. The highest BCUT2D eigenvalue weighted by Crippen LogP contribution is 2.14. The van der Waals surface area contributed by atoms with E-state index < -0.39 is 0 Å². The molecule has 2 heterocycles. The molecule has 0 radical (unpaired) electrons. The molecule has 0 bridgehead atoms. The summed E-state index contributed by atoms with van der Waals surface area (Å²) in [6, 6.07) is 0.107. The van der Waals surface area contributed by atoms with Gasteiger partial charge in [0.15, 0.2) is 0 Å². The number of nitrogens with zero attached hydrogens (tertiary/aromatic N) is 2. The van der Waals surface area contributed by atoms with Gasteiger partial charge in [-0.05, 0) is 11.6 Å². The van der Waals surface area contributed by atoms with Gasteiger partial charge in [-0.15, -0.1) is 10.2 Å². The summed E-state index contributed by atoms with van der Waals surface area (Å²) in [6.45, 7) is 1.14. The van der Waals surface area contributed by atoms with Crippen molar-refractivity contribution in [3.8, 4) is 0 Å². The Kier molecular flexibility index (Phi) is 2.43. The van der Waals surface area contributed by atoms with Crippen LogP contribution in [0.15, 0.2) is 0 Å². The molecule has 0 saturated carbocycles. The highest BCUT2D eigenvalue weighted by Gasteiger charge is 2.22. The normalized spacial score (nSPS) is 16.7. The fraction of sp³-hybridized carbons (Fsp3) is 0.500. The van der Waals surface area contributed by atoms with Gasteiger partial charge in [-0.3, -0.25) is 4.79 Å². The van der Waals surface area contributed by atoms with Crippen LogP contribution in [-0.2, 0) is 4.74 Å². The largest absolute Gasteiger partial charge is 0.377 e. The Hall–Kier alpha value is -0.720. The molecule has 0 aliphatic carbocycles. The number of nitrogens with one attached hydrogen (secondary N) is 1. The van der Waals surface area contributed by atoms with E-state index in [-0.39, 0.29) is 21.4 Å². The molecule has 7 heteroatoms. The van der Waals surface area contributed by atoms with Crippen LogP contribution in [0.3, 0.4) is 0 Å². The first kappa shape index (κ1) is 8.86. The van der Waals surface area contributed by atoms with Crippen molar-refractivity contribution in [1.29, 1.82) is 0 Å². The van der Waals surface area contributed by atoms with Crippen molar-refractivity contribution in [2.45, 2.75) is 6.04 Å². The number of rotatable bonds is 2. The summed E-state index contributed by atoms with van der Waals surface area (Å²) in [5.74, 6) is -0.238. The summed E-state index contributed by atoms with van der Waals surface area (Å²) in [5, 5.41) is 10.2. The van der Waals surface area contributed by atoms with E-state index >= 15 is 0 Å². The summed E-state index contributed by atoms with van der Waals surface area (Å²) in [6.07, 6.45) is 0. The van der Waals surface area contributed by atoms with Crippen molar-refractivity contribution in [2.75, 3.05) is 13.2 Å². The predicted molar refractivity (Wildman–Crippen MR) is 47.0 cm³/mol. The van der Waals surface area contributed by atoms with Gasteiger partial charge < -0.3 is 10.1 Å². The van der Waals surface area contributed by atoms with Crippen molar-refractivity contribution < 1.29 is 9.53 Å². The van der Waals surface area contributed by atoms with E-state index in [0.29, 0.717) is 13.2 Å². The third-order valence-electron chi connectivity index (χ3n) is 1.57. The van der Waals surface area contributed by atoms with Gasteiger partial charge in [-0.25, -0.2) is 0 Å². The second-order valence-electron chi connectivity index (χ2n) is 2.57. The Morgan fingerprint density at radius 1 is 1.62 bits per heavy atom. The topological polar surface area (TPSA) is 64.1 Å². The average molecular weight is 220 g/mol. The van der Waals surface area contributed by atoms with Crippen molar-refractivity contribution in [2.24, 2.45) is 0 Å². The Morgan fingerprint density at radius 2 is 2.38 bits per heavy atom. The highest BCUT2D eigenvalue weighted by molar-refractivity contribution is 7.17. The molecule has 0 unspecified atom stereocenters. The lowest BCUT2D eigenvalue weighted by molar-refractivity contribution is -0.00347. The molecule has 1 aromatic rings. The van der Waals surface area contributed by atoms with Crippen LogP contribution < -0.4 is 5.32 Å². The van der Waals surface area contributed by atoms with E-state index in [1.54, 1.807) is 0 Å². The molecule has 2 rings (SSSR count). The summed E-state index contributed by atoms with van der Waals surface area (Å²) >= 11 is 6.59. The first-order valence-electron chi connectivity index (χ1n) is 3.63. The van der Waals surface area contributed by atoms with Crippen LogP contribution in [0.4, 0.5) is 0 Å². The molecule has 0 atom stereocenters. The standard InChI is InChI=1S/C6H6ClN3O2S/c7-6-10-9-5(13-6)4(11)8-3-1-12-2-3/h3H,1-2H2,(H,8,11). The SMILES string of the molecule is O=C(NC1COC1)c1nnc(Cl)s1. The summed E-state index contributed by atoms with van der Waals surface area (Å²) < 4.78 is 5.18. The van der Waals surface area contributed by atoms with Gasteiger partial charge in [0, 0.05) is 0 Å². The molecule has 70 valence electrons. The number of carbonyl (C=O) groups is 1. The van der Waals surface area contributed by atoms with Crippen molar-refractivity contribution in [3.63, 3.8) is 0 Å². The van der Waals surface area contributed by atoms with Crippen molar-refractivity contribution >= 4 is 28.8 Å². The van der Waals surface area contributed by atoms with E-state index in [0.717, 1.165) is 11.3 Å². The van der Waals surface area contributed by atoms with Crippen molar-refractivity contribution in [3.05, 3.63) is 9.47 Å². The molecule has 1 aliphatic rings. The average Bonchev–Trinajstić information content (AvgIpc) is 2.44. The third-order valence-corrected chi connectivity index (χ3v) is 2.59. The molecule has 0 aromatic carbocycles. The Balaban J connectivity index is 1.96. The minimum absolute atomic E-state index is 0.107. The second-order valence-corrected chi connectivity index (χ2v) is 4.13. The number of carbonyl (C=O) groups excluding carboxylic acids is 1. The highest BCUT2D eigenvalue weighted by atomic mass is 35.5. The smallest absolute Gasteiger partial charge is 0.282 e. The van der Waals surface area contributed by atoms with Gasteiger partial charge in [0.1, 0.15) is 0 Å². The maximum Gasteiger partial charge on any atom is 0.282 e. The van der Waals surface area contributed by atoms with E-state index in [1.165, 1.54) is 0 Å². The van der Waals surface area contributed by atoms with Crippen LogP contribution in [0.25, 0.3) is 0 Å². The number of hydrogen-bond acceptors (Lipinski definition) is 5. The minimum atomic E-state index is -0.238. The molecule has 1 saturated heterocycles. The van der Waals surface area contributed by atoms with Crippen LogP contribution in [0.1, 0.15) is 9.80 Å². The zero-order valence-corrected chi connectivity index (χ0v) is 8.06. The summed E-state index contributed by atoms with van der Waals surface area (Å²) in [4.78, 5) is 11.3. The quantitative estimate of drug-likeness (QED) is 0.778. The summed E-state index contributed by atoms with van der Waals surface area (Å²) in [7, 11) is 0. The summed E-state index contributed by atoms with van der Waals surface area (Å²) in [5.41, 5.74) is 0. The lowest BCUT2D eigenvalue weighted by atomic mass is 10.2. The molecule has 1 N–H and O–H groups in total. The van der Waals surface area contributed by atoms with Gasteiger partial charge in [0.05, 0.1) is 19.3 Å². The number of aromatic nitrogens is 2. The first-order chi connectivity index (χ1) is 6.25. The van der Waals surface area contributed by atoms with Crippen LogP contribution in [0.2, 0.25) is 4.47 Å². The Bertz CT molecular complexity index is 325. The Morgan fingerprint density at radius 3 is 2.85 bits per heavy atom. The zero-order valence-electron chi connectivity index (χ0n) is 6.49.